The van der Waals surface area contributed by atoms with E-state index in [9.17, 15) is 44.7 Å². The molecule has 4 rings (SSSR count). The Hall–Kier alpha value is -2.40. The zero-order valence-corrected chi connectivity index (χ0v) is 18.6. The molecule has 0 aromatic heterocycles. The van der Waals surface area contributed by atoms with Crippen molar-refractivity contribution in [2.24, 2.45) is 11.8 Å². The summed E-state index contributed by atoms with van der Waals surface area (Å²) in [5.41, 5.74) is -6.08. The van der Waals surface area contributed by atoms with Crippen LogP contribution < -0.4 is 10.6 Å². The predicted molar refractivity (Wildman–Crippen MR) is 108 cm³/mol. The summed E-state index contributed by atoms with van der Waals surface area (Å²) >= 11 is 0. The SMILES string of the molecule is CC(NC(=O)[C@@H]1C[C@@H](F)C(=O)N1)[C@@H]1CC[C@H]2c3ccc(C(F)(C(F)(F)F)C(F)(F)F)cc3CC[C@H]21. The van der Waals surface area contributed by atoms with E-state index in [0.717, 1.165) is 6.07 Å². The number of amides is 2. The van der Waals surface area contributed by atoms with Crippen molar-refractivity contribution in [2.45, 2.75) is 81.2 Å². The molecule has 0 spiro atoms. The number of hydrogen-bond acceptors (Lipinski definition) is 2. The van der Waals surface area contributed by atoms with E-state index in [0.29, 0.717) is 37.0 Å². The van der Waals surface area contributed by atoms with Gasteiger partial charge in [0.15, 0.2) is 6.17 Å². The lowest BCUT2D eigenvalue weighted by atomic mass is 9.72. The first-order chi connectivity index (χ1) is 16.1. The van der Waals surface area contributed by atoms with Crippen LogP contribution in [0.1, 0.15) is 55.2 Å². The fraction of sp³-hybridized carbons (Fsp3) is 0.652. The van der Waals surface area contributed by atoms with E-state index in [1.807, 2.05) is 0 Å². The van der Waals surface area contributed by atoms with Crippen molar-refractivity contribution in [1.29, 1.82) is 0 Å². The monoisotopic (exact) mass is 512 g/mol. The summed E-state index contributed by atoms with van der Waals surface area (Å²) in [7, 11) is 0. The van der Waals surface area contributed by atoms with Gasteiger partial charge in [-0.3, -0.25) is 9.59 Å². The molecule has 1 aliphatic heterocycles. The molecule has 1 unspecified atom stereocenters. The van der Waals surface area contributed by atoms with Gasteiger partial charge < -0.3 is 10.6 Å². The first-order valence-electron chi connectivity index (χ1n) is 11.4. The molecule has 4 nitrogen and oxygen atoms in total. The fourth-order valence-electron chi connectivity index (χ4n) is 5.97. The third kappa shape index (κ3) is 4.26. The number of halogens is 8. The van der Waals surface area contributed by atoms with Gasteiger partial charge in [-0.1, -0.05) is 18.2 Å². The van der Waals surface area contributed by atoms with E-state index in [1.165, 1.54) is 0 Å². The number of rotatable bonds is 4. The van der Waals surface area contributed by atoms with Crippen LogP contribution in [-0.2, 0) is 21.7 Å². The summed E-state index contributed by atoms with van der Waals surface area (Å²) in [5, 5.41) is 5.09. The number of nitrogens with one attached hydrogen (secondary N) is 2. The Morgan fingerprint density at radius 1 is 1.06 bits per heavy atom. The molecule has 2 aliphatic carbocycles. The summed E-state index contributed by atoms with van der Waals surface area (Å²) in [6.45, 7) is 1.78. The van der Waals surface area contributed by atoms with Crippen molar-refractivity contribution in [2.75, 3.05) is 0 Å². The molecule has 6 atom stereocenters. The highest BCUT2D eigenvalue weighted by atomic mass is 19.4. The molecule has 1 heterocycles. The Labute approximate surface area is 195 Å². The number of aryl methyl sites for hydroxylation is 1. The Morgan fingerprint density at radius 2 is 1.71 bits per heavy atom. The molecule has 3 aliphatic rings. The summed E-state index contributed by atoms with van der Waals surface area (Å²) in [4.78, 5) is 23.8. The van der Waals surface area contributed by atoms with Crippen LogP contribution in [-0.4, -0.2) is 42.4 Å². The number of hydrogen-bond donors (Lipinski definition) is 2. The lowest BCUT2D eigenvalue weighted by Gasteiger charge is -2.36. The summed E-state index contributed by atoms with van der Waals surface area (Å²) < 4.78 is 107. The van der Waals surface area contributed by atoms with Gasteiger partial charge >= 0.3 is 18.0 Å². The second-order valence-electron chi connectivity index (χ2n) is 9.68. The number of fused-ring (bicyclic) bond motifs is 3. The van der Waals surface area contributed by atoms with Gasteiger partial charge in [0.2, 0.25) is 5.91 Å². The summed E-state index contributed by atoms with van der Waals surface area (Å²) in [5.74, 6) is -1.51. The normalized spacial score (nSPS) is 29.9. The highest BCUT2D eigenvalue weighted by Crippen LogP contribution is 2.55. The van der Waals surface area contributed by atoms with Crippen molar-refractivity contribution >= 4 is 11.8 Å². The first-order valence-corrected chi connectivity index (χ1v) is 11.4. The molecule has 1 saturated carbocycles. The van der Waals surface area contributed by atoms with Gasteiger partial charge in [-0.05, 0) is 61.5 Å². The molecular formula is C23H24F8N2O2. The molecular weight excluding hydrogens is 488 g/mol. The molecule has 0 radical (unpaired) electrons. The van der Waals surface area contributed by atoms with Crippen LogP contribution in [0.5, 0.6) is 0 Å². The third-order valence-electron chi connectivity index (χ3n) is 7.72. The molecule has 1 aromatic carbocycles. The first kappa shape index (κ1) is 25.7. The maximum atomic E-state index is 14.5. The van der Waals surface area contributed by atoms with Gasteiger partial charge in [0.1, 0.15) is 6.04 Å². The number of carbonyl (C=O) groups is 2. The maximum Gasteiger partial charge on any atom is 0.435 e. The van der Waals surface area contributed by atoms with Crippen molar-refractivity contribution in [3.05, 3.63) is 34.9 Å². The smallest absolute Gasteiger partial charge is 0.352 e. The predicted octanol–water partition coefficient (Wildman–Crippen LogP) is 4.76. The van der Waals surface area contributed by atoms with Crippen LogP contribution >= 0.6 is 0 Å². The van der Waals surface area contributed by atoms with Crippen LogP contribution in [0.4, 0.5) is 35.1 Å². The van der Waals surface area contributed by atoms with Crippen LogP contribution in [0.3, 0.4) is 0 Å². The van der Waals surface area contributed by atoms with E-state index in [4.69, 9.17) is 0 Å². The van der Waals surface area contributed by atoms with Gasteiger partial charge in [0, 0.05) is 18.0 Å². The Kier molecular flexibility index (Phi) is 6.32. The van der Waals surface area contributed by atoms with E-state index >= 15 is 0 Å². The highest BCUT2D eigenvalue weighted by molar-refractivity contribution is 5.93. The van der Waals surface area contributed by atoms with Gasteiger partial charge in [-0.15, -0.1) is 0 Å². The molecule has 35 heavy (non-hydrogen) atoms. The molecule has 194 valence electrons. The number of benzene rings is 1. The quantitative estimate of drug-likeness (QED) is 0.572. The summed E-state index contributed by atoms with van der Waals surface area (Å²) in [6.07, 6.45) is -12.4. The van der Waals surface area contributed by atoms with Gasteiger partial charge in [0.25, 0.3) is 5.91 Å². The largest absolute Gasteiger partial charge is 0.435 e. The van der Waals surface area contributed by atoms with Gasteiger partial charge in [0.05, 0.1) is 0 Å². The van der Waals surface area contributed by atoms with E-state index in [1.54, 1.807) is 6.92 Å². The van der Waals surface area contributed by atoms with Crippen molar-refractivity contribution in [1.82, 2.24) is 10.6 Å². The van der Waals surface area contributed by atoms with Crippen LogP contribution in [0.2, 0.25) is 0 Å². The molecule has 1 aromatic rings. The average molecular weight is 512 g/mol. The molecule has 2 fully saturated rings. The molecule has 2 N–H and O–H groups in total. The molecule has 1 saturated heterocycles. The molecule has 12 heteroatoms. The minimum atomic E-state index is -6.16. The number of carbonyl (C=O) groups excluding carboxylic acids is 2. The topological polar surface area (TPSA) is 58.2 Å². The average Bonchev–Trinajstić information content (AvgIpc) is 3.34. The Balaban J connectivity index is 1.51. The maximum absolute atomic E-state index is 14.5. The standard InChI is InChI=1S/C23H24F8N2O2/c1-10(32-20(35)18-9-17(24)19(34)33-18)13-6-7-16-14-5-3-12(8-11(14)2-4-15(13)16)21(25,22(26,27)28)23(29,30)31/h3,5,8,10,13,15-18H,2,4,6-7,9H2,1H3,(H,32,35)(H,33,34)/t10?,13-,15-,16-,17+,18-/m0/s1. The van der Waals surface area contributed by atoms with Crippen LogP contribution in [0.15, 0.2) is 18.2 Å². The number of alkyl halides is 8. The van der Waals surface area contributed by atoms with Crippen molar-refractivity contribution < 1.29 is 44.7 Å². The lowest BCUT2D eigenvalue weighted by molar-refractivity contribution is -0.348. The zero-order valence-electron chi connectivity index (χ0n) is 18.6. The molecule has 2 amide bonds. The zero-order chi connectivity index (χ0) is 25.9. The highest BCUT2D eigenvalue weighted by Gasteiger charge is 2.73. The minimum Gasteiger partial charge on any atom is -0.352 e. The van der Waals surface area contributed by atoms with Crippen LogP contribution in [0, 0.1) is 11.8 Å². The van der Waals surface area contributed by atoms with Crippen LogP contribution in [0.25, 0.3) is 0 Å². The second-order valence-corrected chi connectivity index (χ2v) is 9.68. The van der Waals surface area contributed by atoms with Crippen molar-refractivity contribution in [3.63, 3.8) is 0 Å². The van der Waals surface area contributed by atoms with E-state index in [2.05, 4.69) is 10.6 Å². The third-order valence-corrected chi connectivity index (χ3v) is 7.72. The fourth-order valence-corrected chi connectivity index (χ4v) is 5.97. The van der Waals surface area contributed by atoms with E-state index in [-0.39, 0.29) is 42.2 Å². The lowest BCUT2D eigenvalue weighted by Crippen LogP contribution is -2.50. The van der Waals surface area contributed by atoms with Gasteiger partial charge in [-0.25, -0.2) is 8.78 Å². The minimum absolute atomic E-state index is 0.0103. The van der Waals surface area contributed by atoms with E-state index < -0.39 is 47.6 Å². The molecule has 0 bridgehead atoms. The Morgan fingerprint density at radius 3 is 2.29 bits per heavy atom. The van der Waals surface area contributed by atoms with Gasteiger partial charge in [-0.2, -0.15) is 26.3 Å². The Bertz CT molecular complexity index is 994. The second kappa shape index (κ2) is 8.62. The summed E-state index contributed by atoms with van der Waals surface area (Å²) in [6, 6.07) is 1.10. The van der Waals surface area contributed by atoms with Crippen molar-refractivity contribution in [3.8, 4) is 0 Å².